The number of aliphatic hydroxyl groups is 3. The predicted molar refractivity (Wildman–Crippen MR) is 89.5 cm³/mol. The number of carboxylic acid groups (broad SMARTS) is 1. The van der Waals surface area contributed by atoms with E-state index in [9.17, 15) is 19.8 Å². The van der Waals surface area contributed by atoms with E-state index in [0.29, 0.717) is 31.6 Å². The Morgan fingerprint density at radius 2 is 2.07 bits per heavy atom. The van der Waals surface area contributed by atoms with Crippen LogP contribution in [0.3, 0.4) is 0 Å². The van der Waals surface area contributed by atoms with Crippen LogP contribution in [-0.4, -0.2) is 73.5 Å². The van der Waals surface area contributed by atoms with Crippen molar-refractivity contribution in [3.8, 4) is 0 Å². The van der Waals surface area contributed by atoms with Crippen LogP contribution in [0.2, 0.25) is 0 Å². The molecule has 0 amide bonds. The van der Waals surface area contributed by atoms with Crippen molar-refractivity contribution < 1.29 is 59.5 Å². The first-order valence-corrected chi connectivity index (χ1v) is 8.29. The van der Waals surface area contributed by atoms with Crippen LogP contribution in [0.1, 0.15) is 25.5 Å². The van der Waals surface area contributed by atoms with Gasteiger partial charge >= 0.3 is 41.2 Å². The van der Waals surface area contributed by atoms with Gasteiger partial charge < -0.3 is 36.2 Å². The molecule has 1 aliphatic rings. The fourth-order valence-corrected chi connectivity index (χ4v) is 2.64. The minimum atomic E-state index is -1.36. The average Bonchev–Trinajstić information content (AvgIpc) is 2.89. The molecule has 0 saturated carbocycles. The van der Waals surface area contributed by atoms with Crippen LogP contribution in [0.5, 0.6) is 0 Å². The summed E-state index contributed by atoms with van der Waals surface area (Å²) < 4.78 is 6.33. The van der Waals surface area contributed by atoms with E-state index in [2.05, 4.69) is 10.3 Å². The summed E-state index contributed by atoms with van der Waals surface area (Å²) in [5, 5.41) is 40.4. The van der Waals surface area contributed by atoms with E-state index in [1.54, 1.807) is 0 Å². The van der Waals surface area contributed by atoms with Crippen molar-refractivity contribution in [1.29, 1.82) is 0 Å². The van der Waals surface area contributed by atoms with E-state index in [1.807, 2.05) is 0 Å². The number of nitrogens with zero attached hydrogens (tertiary/aromatic N) is 2. The van der Waals surface area contributed by atoms with Gasteiger partial charge in [-0.1, -0.05) is 0 Å². The van der Waals surface area contributed by atoms with Gasteiger partial charge in [-0.05, 0) is 25.3 Å². The molecule has 5 unspecified atom stereocenters. The number of nitrogens with one attached hydrogen (secondary N) is 1. The summed E-state index contributed by atoms with van der Waals surface area (Å²) in [5.41, 5.74) is 4.72. The van der Waals surface area contributed by atoms with Crippen LogP contribution in [0.4, 0.5) is 5.82 Å². The van der Waals surface area contributed by atoms with Crippen molar-refractivity contribution >= 4 is 11.8 Å². The number of carboxylic acids is 1. The van der Waals surface area contributed by atoms with Gasteiger partial charge in [0.1, 0.15) is 30.2 Å². The smallest absolute Gasteiger partial charge is 0.480 e. The Bertz CT molecular complexity index is 674. The van der Waals surface area contributed by atoms with Crippen molar-refractivity contribution in [1.82, 2.24) is 9.55 Å². The third kappa shape index (κ3) is 6.22. The van der Waals surface area contributed by atoms with Gasteiger partial charge in [-0.2, -0.15) is 4.98 Å². The second-order valence-corrected chi connectivity index (χ2v) is 6.10. The molecule has 0 bridgehead atoms. The summed E-state index contributed by atoms with van der Waals surface area (Å²) in [6.07, 6.45) is -1.77. The molecule has 1 fully saturated rings. The molecule has 146 valence electrons. The van der Waals surface area contributed by atoms with Crippen LogP contribution < -0.4 is 46.3 Å². The molecule has 0 spiro atoms. The summed E-state index contributed by atoms with van der Waals surface area (Å²) in [6.45, 7) is -0.00126. The maximum atomic E-state index is 12.1. The first-order chi connectivity index (χ1) is 12.3. The van der Waals surface area contributed by atoms with Gasteiger partial charge in [-0.25, -0.2) is 4.79 Å². The minimum absolute atomic E-state index is 0. The number of ether oxygens (including phenoxy) is 1. The Labute approximate surface area is 177 Å². The van der Waals surface area contributed by atoms with Crippen molar-refractivity contribution in [2.24, 2.45) is 5.73 Å². The maximum Gasteiger partial charge on any atom is 1.00 e. The molecule has 11 nitrogen and oxygen atoms in total. The zero-order valence-corrected chi connectivity index (χ0v) is 17.1. The Morgan fingerprint density at radius 1 is 1.37 bits per heavy atom. The molecule has 0 aromatic carbocycles. The molecule has 2 rings (SSSR count). The molecule has 1 aromatic rings. The Balaban J connectivity index is 0.00000364. The van der Waals surface area contributed by atoms with Crippen molar-refractivity contribution in [2.75, 3.05) is 18.5 Å². The Morgan fingerprint density at radius 3 is 2.63 bits per heavy atom. The van der Waals surface area contributed by atoms with E-state index >= 15 is 0 Å². The quantitative estimate of drug-likeness (QED) is 0.175. The maximum absolute atomic E-state index is 12.1. The molecule has 0 aliphatic carbocycles. The number of unbranched alkanes of at least 4 members (excludes halogenated alkanes) is 1. The zero-order valence-electron chi connectivity index (χ0n) is 15.1. The van der Waals surface area contributed by atoms with Gasteiger partial charge in [0, 0.05) is 12.7 Å². The first kappa shape index (κ1) is 24.0. The van der Waals surface area contributed by atoms with E-state index < -0.39 is 48.8 Å². The van der Waals surface area contributed by atoms with Crippen LogP contribution in [0.15, 0.2) is 17.1 Å². The summed E-state index contributed by atoms with van der Waals surface area (Å²) >= 11 is 0. The number of hydrogen-bond acceptors (Lipinski definition) is 9. The van der Waals surface area contributed by atoms with Crippen molar-refractivity contribution in [3.05, 3.63) is 22.7 Å². The number of hydrogen-bond donors (Lipinski definition) is 6. The van der Waals surface area contributed by atoms with E-state index in [1.165, 1.54) is 12.3 Å². The molecular formula is C15H24N4NaO7+. The van der Waals surface area contributed by atoms with Gasteiger partial charge in [0.2, 0.25) is 0 Å². The fourth-order valence-electron chi connectivity index (χ4n) is 2.64. The molecule has 12 heteroatoms. The van der Waals surface area contributed by atoms with Crippen LogP contribution in [-0.2, 0) is 9.53 Å². The van der Waals surface area contributed by atoms with Gasteiger partial charge in [-0.15, -0.1) is 0 Å². The molecule has 27 heavy (non-hydrogen) atoms. The van der Waals surface area contributed by atoms with Gasteiger partial charge in [0.15, 0.2) is 6.23 Å². The second-order valence-electron chi connectivity index (χ2n) is 6.10. The van der Waals surface area contributed by atoms with Gasteiger partial charge in [0.05, 0.1) is 6.61 Å². The van der Waals surface area contributed by atoms with E-state index in [4.69, 9.17) is 20.7 Å². The van der Waals surface area contributed by atoms with Crippen molar-refractivity contribution in [3.63, 3.8) is 0 Å². The molecular weight excluding hydrogens is 371 g/mol. The number of carbonyl (C=O) groups is 1. The number of rotatable bonds is 9. The SMILES string of the molecule is NC(CCCCNc1ccn(C2OC(CO)C(O)C2O)c(=O)n1)C(=O)O.[Na+]. The summed E-state index contributed by atoms with van der Waals surface area (Å²) in [5.74, 6) is -0.714. The fraction of sp³-hybridized carbons (Fsp3) is 0.667. The second kappa shape index (κ2) is 11.1. The summed E-state index contributed by atoms with van der Waals surface area (Å²) in [7, 11) is 0. The number of nitrogens with two attached hydrogens (primary N) is 1. The molecule has 1 aliphatic heterocycles. The number of anilines is 1. The molecule has 1 saturated heterocycles. The van der Waals surface area contributed by atoms with Crippen molar-refractivity contribution in [2.45, 2.75) is 49.8 Å². The van der Waals surface area contributed by atoms with Gasteiger partial charge in [0.25, 0.3) is 0 Å². The normalized spacial score (nSPS) is 25.6. The van der Waals surface area contributed by atoms with Crippen LogP contribution in [0, 0.1) is 0 Å². The topological polar surface area (TPSA) is 180 Å². The first-order valence-electron chi connectivity index (χ1n) is 8.29. The molecule has 0 radical (unpaired) electrons. The Hall–Kier alpha value is -1.05. The average molecular weight is 395 g/mol. The zero-order chi connectivity index (χ0) is 19.3. The summed E-state index contributed by atoms with van der Waals surface area (Å²) in [6, 6.07) is 0.632. The third-order valence-corrected chi connectivity index (χ3v) is 4.19. The number of aliphatic carboxylic acids is 1. The largest absolute Gasteiger partial charge is 1.00 e. The van der Waals surface area contributed by atoms with E-state index in [0.717, 1.165) is 4.57 Å². The molecule has 1 aromatic heterocycles. The predicted octanol–water partition coefficient (Wildman–Crippen LogP) is -5.15. The molecule has 5 atom stereocenters. The van der Waals surface area contributed by atoms with Crippen LogP contribution >= 0.6 is 0 Å². The standard InChI is InChI=1S/C15H24N4O7.Na/c16-8(14(23)24)3-1-2-5-17-10-4-6-19(15(25)18-10)13-12(22)11(21)9(7-20)26-13;/h4,6,8-9,11-13,20-22H,1-3,5,7,16H2,(H,23,24)(H,17,18,25);/q;+1. The molecule has 2 heterocycles. The van der Waals surface area contributed by atoms with Gasteiger partial charge in [-0.3, -0.25) is 9.36 Å². The number of aromatic nitrogens is 2. The number of aliphatic hydroxyl groups excluding tert-OH is 3. The molecule has 7 N–H and O–H groups in total. The Kier molecular flexibility index (Phi) is 9.84. The summed E-state index contributed by atoms with van der Waals surface area (Å²) in [4.78, 5) is 26.6. The monoisotopic (exact) mass is 395 g/mol. The minimum Gasteiger partial charge on any atom is -0.480 e. The van der Waals surface area contributed by atoms with E-state index in [-0.39, 0.29) is 29.6 Å². The van der Waals surface area contributed by atoms with Crippen LogP contribution in [0.25, 0.3) is 0 Å². The third-order valence-electron chi connectivity index (χ3n) is 4.19.